The van der Waals surface area contributed by atoms with Crippen LogP contribution in [0, 0.1) is 6.92 Å². The molecular weight excluding hydrogens is 380 g/mol. The van der Waals surface area contributed by atoms with Crippen LogP contribution in [0.15, 0.2) is 53.2 Å². The van der Waals surface area contributed by atoms with E-state index in [0.717, 1.165) is 11.9 Å². The summed E-state index contributed by atoms with van der Waals surface area (Å²) in [6, 6.07) is 13.4. The Morgan fingerprint density at radius 3 is 2.80 bits per heavy atom. The largest absolute Gasteiger partial charge is 0.485 e. The molecule has 0 unspecified atom stereocenters. The third-order valence-electron chi connectivity index (χ3n) is 4.90. The first-order chi connectivity index (χ1) is 14.6. The fourth-order valence-electron chi connectivity index (χ4n) is 3.26. The van der Waals surface area contributed by atoms with E-state index in [4.69, 9.17) is 9.26 Å². The molecule has 0 saturated heterocycles. The van der Waals surface area contributed by atoms with Crippen molar-refractivity contribution in [2.24, 2.45) is 0 Å². The molecule has 2 aromatic heterocycles. The number of H-pyrrole nitrogens is 1. The van der Waals surface area contributed by atoms with Crippen LogP contribution < -0.4 is 10.1 Å². The minimum Gasteiger partial charge on any atom is -0.485 e. The van der Waals surface area contributed by atoms with E-state index >= 15 is 0 Å². The molecule has 154 valence electrons. The van der Waals surface area contributed by atoms with Gasteiger partial charge in [0.2, 0.25) is 11.7 Å². The lowest BCUT2D eigenvalue weighted by molar-refractivity contribution is 0.0954. The van der Waals surface area contributed by atoms with Crippen molar-refractivity contribution in [1.29, 1.82) is 0 Å². The molecule has 4 aromatic rings. The third-order valence-corrected chi connectivity index (χ3v) is 4.90. The van der Waals surface area contributed by atoms with Crippen LogP contribution >= 0.6 is 0 Å². The number of carbonyl (C=O) groups is 1. The fourth-order valence-corrected chi connectivity index (χ4v) is 3.26. The van der Waals surface area contributed by atoms with Crippen LogP contribution in [-0.4, -0.2) is 27.6 Å². The van der Waals surface area contributed by atoms with Gasteiger partial charge in [-0.25, -0.2) is 0 Å². The second kappa shape index (κ2) is 8.82. The zero-order valence-electron chi connectivity index (χ0n) is 17.1. The molecule has 7 nitrogen and oxygen atoms in total. The number of nitrogens with one attached hydrogen (secondary N) is 2. The van der Waals surface area contributed by atoms with Gasteiger partial charge < -0.3 is 19.6 Å². The van der Waals surface area contributed by atoms with E-state index in [-0.39, 0.29) is 12.5 Å². The molecule has 0 aliphatic heterocycles. The fraction of sp³-hybridized carbons (Fsp3) is 0.261. The van der Waals surface area contributed by atoms with E-state index in [1.54, 1.807) is 24.3 Å². The first-order valence-electron chi connectivity index (χ1n) is 10.0. The smallest absolute Gasteiger partial charge is 0.251 e. The number of aryl methyl sites for hydroxylation is 2. The van der Waals surface area contributed by atoms with Crippen LogP contribution in [0.4, 0.5) is 0 Å². The predicted molar refractivity (Wildman–Crippen MR) is 114 cm³/mol. The summed E-state index contributed by atoms with van der Waals surface area (Å²) in [6.07, 6.45) is 3.47. The van der Waals surface area contributed by atoms with Gasteiger partial charge in [0.25, 0.3) is 5.91 Å². The van der Waals surface area contributed by atoms with E-state index < -0.39 is 0 Å². The van der Waals surface area contributed by atoms with E-state index in [1.165, 1.54) is 16.5 Å². The lowest BCUT2D eigenvalue weighted by Gasteiger charge is -2.07. The molecule has 0 fully saturated rings. The predicted octanol–water partition coefficient (Wildman–Crippen LogP) is 3.97. The summed E-state index contributed by atoms with van der Waals surface area (Å²) >= 11 is 0. The Hall–Kier alpha value is -3.61. The first-order valence-corrected chi connectivity index (χ1v) is 10.0. The Morgan fingerprint density at radius 2 is 2.03 bits per heavy atom. The summed E-state index contributed by atoms with van der Waals surface area (Å²) in [5.74, 6) is 1.62. The molecule has 0 saturated carbocycles. The van der Waals surface area contributed by atoms with E-state index in [2.05, 4.69) is 45.6 Å². The Morgan fingerprint density at radius 1 is 1.20 bits per heavy atom. The number of nitrogens with zero attached hydrogens (tertiary/aromatic N) is 2. The zero-order valence-corrected chi connectivity index (χ0v) is 17.1. The van der Waals surface area contributed by atoms with Crippen LogP contribution in [-0.2, 0) is 19.4 Å². The maximum atomic E-state index is 12.4. The van der Waals surface area contributed by atoms with Crippen molar-refractivity contribution >= 4 is 16.8 Å². The summed E-state index contributed by atoms with van der Waals surface area (Å²) in [7, 11) is 0. The quantitative estimate of drug-likeness (QED) is 0.463. The summed E-state index contributed by atoms with van der Waals surface area (Å²) in [4.78, 5) is 19.9. The average Bonchev–Trinajstić information content (AvgIpc) is 3.39. The topological polar surface area (TPSA) is 93.0 Å². The minimum absolute atomic E-state index is 0.108. The number of fused-ring (bicyclic) bond motifs is 1. The molecule has 0 bridgehead atoms. The van der Waals surface area contributed by atoms with E-state index in [9.17, 15) is 4.79 Å². The van der Waals surface area contributed by atoms with Gasteiger partial charge in [-0.1, -0.05) is 24.2 Å². The van der Waals surface area contributed by atoms with E-state index in [1.807, 2.05) is 13.1 Å². The zero-order chi connectivity index (χ0) is 20.9. The standard InChI is InChI=1S/C23H24N4O3/c1-3-22-26-21(27-30-22)14-29-18-7-5-16(6-8-18)23(28)24-11-10-17-13-25-20-12-15(2)4-9-19(17)20/h4-9,12-13,25H,3,10-11,14H2,1-2H3,(H,24,28). The molecule has 0 atom stereocenters. The summed E-state index contributed by atoms with van der Waals surface area (Å²) < 4.78 is 10.7. The van der Waals surface area contributed by atoms with Crippen LogP contribution in [0.5, 0.6) is 5.75 Å². The highest BCUT2D eigenvalue weighted by Crippen LogP contribution is 2.20. The number of amides is 1. The monoisotopic (exact) mass is 404 g/mol. The van der Waals surface area contributed by atoms with Gasteiger partial charge in [0, 0.05) is 35.6 Å². The maximum Gasteiger partial charge on any atom is 0.251 e. The third kappa shape index (κ3) is 4.51. The molecule has 0 spiro atoms. The Bertz CT molecular complexity index is 1140. The van der Waals surface area contributed by atoms with Crippen LogP contribution in [0.25, 0.3) is 10.9 Å². The Balaban J connectivity index is 1.28. The van der Waals surface area contributed by atoms with Gasteiger partial charge in [-0.05, 0) is 54.8 Å². The number of benzene rings is 2. The van der Waals surface area contributed by atoms with Crippen molar-refractivity contribution in [3.63, 3.8) is 0 Å². The Labute approximate surface area is 174 Å². The first kappa shape index (κ1) is 19.7. The van der Waals surface area contributed by atoms with Gasteiger partial charge >= 0.3 is 0 Å². The molecule has 2 N–H and O–H groups in total. The molecule has 30 heavy (non-hydrogen) atoms. The number of aromatic nitrogens is 3. The highest BCUT2D eigenvalue weighted by atomic mass is 16.5. The number of rotatable bonds is 8. The molecule has 4 rings (SSSR count). The number of hydrogen-bond acceptors (Lipinski definition) is 5. The molecule has 1 amide bonds. The number of hydrogen-bond donors (Lipinski definition) is 2. The number of aromatic amines is 1. The highest BCUT2D eigenvalue weighted by Gasteiger charge is 2.09. The van der Waals surface area contributed by atoms with Gasteiger partial charge in [0.05, 0.1) is 0 Å². The lowest BCUT2D eigenvalue weighted by atomic mass is 10.1. The van der Waals surface area contributed by atoms with E-state index in [0.29, 0.717) is 36.0 Å². The molecule has 7 heteroatoms. The highest BCUT2D eigenvalue weighted by molar-refractivity contribution is 5.94. The van der Waals surface area contributed by atoms with Crippen LogP contribution in [0.3, 0.4) is 0 Å². The van der Waals surface area contributed by atoms with Crippen molar-refractivity contribution in [2.45, 2.75) is 33.3 Å². The maximum absolute atomic E-state index is 12.4. The van der Waals surface area contributed by atoms with Gasteiger partial charge in [-0.3, -0.25) is 4.79 Å². The number of carbonyl (C=O) groups excluding carboxylic acids is 1. The van der Waals surface area contributed by atoms with Crippen molar-refractivity contribution in [3.05, 3.63) is 77.1 Å². The van der Waals surface area contributed by atoms with Crippen molar-refractivity contribution in [1.82, 2.24) is 20.4 Å². The van der Waals surface area contributed by atoms with Gasteiger partial charge in [0.1, 0.15) is 5.75 Å². The molecule has 0 aliphatic carbocycles. The Kier molecular flexibility index (Phi) is 5.79. The second-order valence-electron chi connectivity index (χ2n) is 7.14. The lowest BCUT2D eigenvalue weighted by Crippen LogP contribution is -2.25. The summed E-state index contributed by atoms with van der Waals surface area (Å²) in [6.45, 7) is 4.81. The summed E-state index contributed by atoms with van der Waals surface area (Å²) in [5.41, 5.74) is 4.13. The average molecular weight is 404 g/mol. The SMILES string of the molecule is CCc1nc(COc2ccc(C(=O)NCCc3c[nH]c4cc(C)ccc34)cc2)no1. The normalized spacial score (nSPS) is 11.0. The summed E-state index contributed by atoms with van der Waals surface area (Å²) in [5, 5.41) is 8.02. The molecule has 2 aromatic carbocycles. The van der Waals surface area contributed by atoms with Gasteiger partial charge in [-0.2, -0.15) is 4.98 Å². The minimum atomic E-state index is -0.108. The molecule has 0 aliphatic rings. The van der Waals surface area contributed by atoms with Crippen LogP contribution in [0.1, 0.15) is 40.1 Å². The molecular formula is C23H24N4O3. The molecule has 2 heterocycles. The van der Waals surface area contributed by atoms with Crippen molar-refractivity contribution in [2.75, 3.05) is 6.54 Å². The molecule has 0 radical (unpaired) electrons. The van der Waals surface area contributed by atoms with Crippen molar-refractivity contribution < 1.29 is 14.1 Å². The van der Waals surface area contributed by atoms with Crippen LogP contribution in [0.2, 0.25) is 0 Å². The van der Waals surface area contributed by atoms with Gasteiger partial charge in [0.15, 0.2) is 6.61 Å². The van der Waals surface area contributed by atoms with Gasteiger partial charge in [-0.15, -0.1) is 0 Å². The number of ether oxygens (including phenoxy) is 1. The second-order valence-corrected chi connectivity index (χ2v) is 7.14. The van der Waals surface area contributed by atoms with Crippen molar-refractivity contribution in [3.8, 4) is 5.75 Å².